The third kappa shape index (κ3) is 2.71. The topological polar surface area (TPSA) is 29.3 Å². The van der Waals surface area contributed by atoms with Crippen molar-refractivity contribution < 1.29 is 0 Å². The van der Waals surface area contributed by atoms with Gasteiger partial charge in [0.25, 0.3) is 0 Å². The van der Waals surface area contributed by atoms with Crippen molar-refractivity contribution in [2.24, 2.45) is 11.7 Å². The van der Waals surface area contributed by atoms with Gasteiger partial charge in [-0.3, -0.25) is 4.90 Å². The zero-order valence-corrected chi connectivity index (χ0v) is 10.00. The van der Waals surface area contributed by atoms with Gasteiger partial charge in [0.05, 0.1) is 0 Å². The minimum absolute atomic E-state index is 0.673. The first-order valence-corrected chi connectivity index (χ1v) is 6.16. The predicted octanol–water partition coefficient (Wildman–Crippen LogP) is 2.23. The molecule has 14 heavy (non-hydrogen) atoms. The lowest BCUT2D eigenvalue weighted by Gasteiger charge is -2.36. The van der Waals surface area contributed by atoms with Crippen molar-refractivity contribution in [1.29, 1.82) is 0 Å². The molecule has 0 unspecified atom stereocenters. The van der Waals surface area contributed by atoms with E-state index in [1.807, 2.05) is 0 Å². The average molecular weight is 198 g/mol. The molecule has 1 rings (SSSR count). The minimum atomic E-state index is 0.673. The monoisotopic (exact) mass is 198 g/mol. The van der Waals surface area contributed by atoms with Crippen molar-refractivity contribution in [1.82, 2.24) is 4.90 Å². The normalized spacial score (nSPS) is 30.6. The van der Waals surface area contributed by atoms with Crippen LogP contribution in [0.3, 0.4) is 0 Å². The van der Waals surface area contributed by atoms with E-state index in [0.29, 0.717) is 6.04 Å². The third-order valence-electron chi connectivity index (χ3n) is 3.60. The largest absolute Gasteiger partial charge is 0.330 e. The Morgan fingerprint density at radius 1 is 1.36 bits per heavy atom. The smallest absolute Gasteiger partial charge is 0.0136 e. The summed E-state index contributed by atoms with van der Waals surface area (Å²) in [5.41, 5.74) is 5.87. The lowest BCUT2D eigenvalue weighted by Crippen LogP contribution is -2.45. The lowest BCUT2D eigenvalue weighted by molar-refractivity contribution is 0.117. The molecule has 0 spiro atoms. The molecule has 0 aliphatic carbocycles. The van der Waals surface area contributed by atoms with Crippen LogP contribution in [0.2, 0.25) is 0 Å². The maximum Gasteiger partial charge on any atom is 0.0136 e. The Balaban J connectivity index is 2.69. The van der Waals surface area contributed by atoms with Crippen LogP contribution in [0.1, 0.15) is 46.5 Å². The summed E-state index contributed by atoms with van der Waals surface area (Å²) < 4.78 is 0. The first-order valence-electron chi connectivity index (χ1n) is 6.16. The zero-order chi connectivity index (χ0) is 10.6. The van der Waals surface area contributed by atoms with Crippen LogP contribution >= 0.6 is 0 Å². The molecule has 84 valence electrons. The predicted molar refractivity (Wildman–Crippen MR) is 62.3 cm³/mol. The number of likely N-dealkylation sites (tertiary alicyclic amines) is 1. The van der Waals surface area contributed by atoms with Gasteiger partial charge >= 0.3 is 0 Å². The standard InChI is InChI=1S/C12H26N2/c1-4-12-11(9-13)7-5-6-8-14(12)10(2)3/h10-12H,4-9,13H2,1-3H3/t11-,12-/m0/s1. The van der Waals surface area contributed by atoms with Gasteiger partial charge in [0.2, 0.25) is 0 Å². The van der Waals surface area contributed by atoms with Crippen LogP contribution in [0.15, 0.2) is 0 Å². The highest BCUT2D eigenvalue weighted by Gasteiger charge is 2.28. The maximum absolute atomic E-state index is 5.87. The van der Waals surface area contributed by atoms with Crippen molar-refractivity contribution in [3.05, 3.63) is 0 Å². The number of hydrogen-bond donors (Lipinski definition) is 1. The molecule has 0 aromatic carbocycles. The minimum Gasteiger partial charge on any atom is -0.330 e. The van der Waals surface area contributed by atoms with E-state index in [1.54, 1.807) is 0 Å². The van der Waals surface area contributed by atoms with Gasteiger partial charge in [0.1, 0.15) is 0 Å². The highest BCUT2D eigenvalue weighted by Crippen LogP contribution is 2.25. The van der Waals surface area contributed by atoms with Gasteiger partial charge in [-0.1, -0.05) is 13.3 Å². The molecular formula is C12H26N2. The SMILES string of the molecule is CC[C@H]1[C@H](CN)CCCCN1C(C)C. The first kappa shape index (κ1) is 12.0. The summed E-state index contributed by atoms with van der Waals surface area (Å²) in [6, 6.07) is 1.40. The van der Waals surface area contributed by atoms with Gasteiger partial charge in [-0.15, -0.1) is 0 Å². The molecule has 0 bridgehead atoms. The van der Waals surface area contributed by atoms with Crippen LogP contribution in [-0.2, 0) is 0 Å². The van der Waals surface area contributed by atoms with E-state index in [0.717, 1.165) is 18.5 Å². The van der Waals surface area contributed by atoms with E-state index >= 15 is 0 Å². The van der Waals surface area contributed by atoms with Crippen LogP contribution < -0.4 is 5.73 Å². The van der Waals surface area contributed by atoms with E-state index in [1.165, 1.54) is 32.2 Å². The Bertz CT molecular complexity index is 156. The molecule has 2 atom stereocenters. The van der Waals surface area contributed by atoms with Gasteiger partial charge in [0, 0.05) is 12.1 Å². The number of rotatable bonds is 3. The van der Waals surface area contributed by atoms with Crippen LogP contribution in [0.25, 0.3) is 0 Å². The fourth-order valence-electron chi connectivity index (χ4n) is 2.81. The molecular weight excluding hydrogens is 172 g/mol. The molecule has 0 saturated carbocycles. The summed E-state index contributed by atoms with van der Waals surface area (Å²) in [6.07, 6.45) is 5.30. The Morgan fingerprint density at radius 3 is 2.57 bits per heavy atom. The van der Waals surface area contributed by atoms with E-state index in [2.05, 4.69) is 25.7 Å². The summed E-state index contributed by atoms with van der Waals surface area (Å²) in [7, 11) is 0. The van der Waals surface area contributed by atoms with Crippen molar-refractivity contribution in [3.63, 3.8) is 0 Å². The second-order valence-corrected chi connectivity index (χ2v) is 4.80. The van der Waals surface area contributed by atoms with Crippen LogP contribution in [0.4, 0.5) is 0 Å². The summed E-state index contributed by atoms with van der Waals surface area (Å²) >= 11 is 0. The quantitative estimate of drug-likeness (QED) is 0.753. The number of nitrogens with two attached hydrogens (primary N) is 1. The average Bonchev–Trinajstić information content (AvgIpc) is 2.38. The van der Waals surface area contributed by atoms with Crippen LogP contribution in [0.5, 0.6) is 0 Å². The van der Waals surface area contributed by atoms with Crippen LogP contribution in [-0.4, -0.2) is 30.1 Å². The second kappa shape index (κ2) is 5.72. The Labute approximate surface area is 88.8 Å². The van der Waals surface area contributed by atoms with Crippen LogP contribution in [0, 0.1) is 5.92 Å². The maximum atomic E-state index is 5.87. The molecule has 2 heteroatoms. The summed E-state index contributed by atoms with van der Waals surface area (Å²) in [5, 5.41) is 0. The molecule has 0 radical (unpaired) electrons. The Kier molecular flexibility index (Phi) is 4.90. The second-order valence-electron chi connectivity index (χ2n) is 4.80. The highest BCUT2D eigenvalue weighted by molar-refractivity contribution is 4.83. The van der Waals surface area contributed by atoms with Crippen molar-refractivity contribution in [2.75, 3.05) is 13.1 Å². The molecule has 2 nitrogen and oxygen atoms in total. The molecule has 0 aromatic rings. The fraction of sp³-hybridized carbons (Fsp3) is 1.00. The van der Waals surface area contributed by atoms with Gasteiger partial charge in [-0.05, 0) is 52.1 Å². The van der Waals surface area contributed by atoms with Gasteiger partial charge in [-0.25, -0.2) is 0 Å². The summed E-state index contributed by atoms with van der Waals surface area (Å²) in [6.45, 7) is 9.05. The molecule has 0 aromatic heterocycles. The number of nitrogens with zero attached hydrogens (tertiary/aromatic N) is 1. The summed E-state index contributed by atoms with van der Waals surface area (Å²) in [5.74, 6) is 0.727. The molecule has 1 aliphatic heterocycles. The van der Waals surface area contributed by atoms with Gasteiger partial charge in [-0.2, -0.15) is 0 Å². The van der Waals surface area contributed by atoms with Crippen molar-refractivity contribution in [3.8, 4) is 0 Å². The number of hydrogen-bond acceptors (Lipinski definition) is 2. The van der Waals surface area contributed by atoms with E-state index < -0.39 is 0 Å². The van der Waals surface area contributed by atoms with Crippen molar-refractivity contribution in [2.45, 2.75) is 58.5 Å². The van der Waals surface area contributed by atoms with Crippen molar-refractivity contribution >= 4 is 0 Å². The Morgan fingerprint density at radius 2 is 2.07 bits per heavy atom. The molecule has 2 N–H and O–H groups in total. The zero-order valence-electron chi connectivity index (χ0n) is 10.00. The molecule has 0 amide bonds. The molecule has 1 aliphatic rings. The lowest BCUT2D eigenvalue weighted by atomic mass is 9.92. The van der Waals surface area contributed by atoms with E-state index in [-0.39, 0.29) is 0 Å². The summed E-state index contributed by atoms with van der Waals surface area (Å²) in [4.78, 5) is 2.66. The van der Waals surface area contributed by atoms with Gasteiger partial charge < -0.3 is 5.73 Å². The fourth-order valence-corrected chi connectivity index (χ4v) is 2.81. The molecule has 1 fully saturated rings. The molecule has 1 saturated heterocycles. The first-order chi connectivity index (χ1) is 6.70. The van der Waals surface area contributed by atoms with E-state index in [9.17, 15) is 0 Å². The highest BCUT2D eigenvalue weighted by atomic mass is 15.2. The third-order valence-corrected chi connectivity index (χ3v) is 3.60. The Hall–Kier alpha value is -0.0800. The molecule has 1 heterocycles. The van der Waals surface area contributed by atoms with E-state index in [4.69, 9.17) is 5.73 Å². The van der Waals surface area contributed by atoms with Gasteiger partial charge in [0.15, 0.2) is 0 Å².